The molecule has 0 aliphatic carbocycles. The predicted molar refractivity (Wildman–Crippen MR) is 83.4 cm³/mol. The van der Waals surface area contributed by atoms with Crippen LogP contribution in [-0.2, 0) is 0 Å². The van der Waals surface area contributed by atoms with Crippen LogP contribution in [0.5, 0.6) is 11.5 Å². The van der Waals surface area contributed by atoms with Crippen molar-refractivity contribution >= 4 is 28.3 Å². The summed E-state index contributed by atoms with van der Waals surface area (Å²) < 4.78 is 10.6. The Morgan fingerprint density at radius 2 is 1.65 bits per heavy atom. The third-order valence-electron chi connectivity index (χ3n) is 3.32. The maximum atomic E-state index is 6.35. The smallest absolute Gasteiger partial charge is 0.162 e. The van der Waals surface area contributed by atoms with Crippen molar-refractivity contribution in [3.05, 3.63) is 23.2 Å². The molecule has 2 aromatic rings. The van der Waals surface area contributed by atoms with Crippen LogP contribution in [-0.4, -0.2) is 32.3 Å². The Bertz CT molecular complexity index is 612. The maximum absolute atomic E-state index is 6.35. The van der Waals surface area contributed by atoms with Gasteiger partial charge < -0.3 is 14.4 Å². The lowest BCUT2D eigenvalue weighted by atomic mass is 10.2. The van der Waals surface area contributed by atoms with Crippen LogP contribution in [0, 0.1) is 0 Å². The molecule has 1 aromatic carbocycles. The van der Waals surface area contributed by atoms with Gasteiger partial charge in [0.05, 0.1) is 24.8 Å². The number of nitrogens with zero attached hydrogens (tertiary/aromatic N) is 2. The third kappa shape index (κ3) is 2.61. The highest BCUT2D eigenvalue weighted by Crippen LogP contribution is 2.35. The number of fused-ring (bicyclic) bond motifs is 1. The molecule has 0 radical (unpaired) electrons. The van der Waals surface area contributed by atoms with E-state index in [0.29, 0.717) is 16.5 Å². The average Bonchev–Trinajstić information content (AvgIpc) is 2.47. The number of pyridine rings is 1. The molecule has 0 N–H and O–H groups in total. The van der Waals surface area contributed by atoms with Gasteiger partial charge in [-0.3, -0.25) is 0 Å². The lowest BCUT2D eigenvalue weighted by Gasteiger charge is -2.21. The van der Waals surface area contributed by atoms with E-state index in [2.05, 4.69) is 23.7 Å². The molecule has 20 heavy (non-hydrogen) atoms. The van der Waals surface area contributed by atoms with Crippen LogP contribution in [0.15, 0.2) is 18.2 Å². The van der Waals surface area contributed by atoms with Crippen LogP contribution in [0.2, 0.25) is 5.02 Å². The Kier molecular flexibility index (Phi) is 4.55. The summed E-state index contributed by atoms with van der Waals surface area (Å²) in [7, 11) is 3.23. The molecule has 2 rings (SSSR count). The zero-order valence-electron chi connectivity index (χ0n) is 12.2. The number of hydrogen-bond donors (Lipinski definition) is 0. The lowest BCUT2D eigenvalue weighted by molar-refractivity contribution is 0.356. The molecule has 1 heterocycles. The van der Waals surface area contributed by atoms with E-state index in [4.69, 9.17) is 21.1 Å². The highest BCUT2D eigenvalue weighted by atomic mass is 35.5. The van der Waals surface area contributed by atoms with E-state index < -0.39 is 0 Å². The van der Waals surface area contributed by atoms with Crippen LogP contribution in [0.25, 0.3) is 10.9 Å². The van der Waals surface area contributed by atoms with Crippen molar-refractivity contribution in [3.63, 3.8) is 0 Å². The van der Waals surface area contributed by atoms with Crippen LogP contribution in [0.4, 0.5) is 5.82 Å². The molecular weight excluding hydrogens is 276 g/mol. The van der Waals surface area contributed by atoms with Crippen molar-refractivity contribution in [1.29, 1.82) is 0 Å². The Morgan fingerprint density at radius 3 is 2.20 bits per heavy atom. The second kappa shape index (κ2) is 6.18. The van der Waals surface area contributed by atoms with Crippen molar-refractivity contribution in [2.45, 2.75) is 13.8 Å². The Balaban J connectivity index is 2.63. The molecule has 0 saturated heterocycles. The number of aromatic nitrogens is 1. The number of ether oxygens (including phenoxy) is 2. The van der Waals surface area contributed by atoms with Crippen molar-refractivity contribution in [1.82, 2.24) is 4.98 Å². The normalized spacial score (nSPS) is 10.7. The monoisotopic (exact) mass is 294 g/mol. The van der Waals surface area contributed by atoms with Gasteiger partial charge in [0.25, 0.3) is 0 Å². The number of hydrogen-bond acceptors (Lipinski definition) is 4. The fourth-order valence-corrected chi connectivity index (χ4v) is 2.49. The topological polar surface area (TPSA) is 34.6 Å². The summed E-state index contributed by atoms with van der Waals surface area (Å²) in [5, 5.41) is 1.58. The average molecular weight is 295 g/mol. The molecule has 108 valence electrons. The Hall–Kier alpha value is -1.68. The van der Waals surface area contributed by atoms with Gasteiger partial charge in [0.2, 0.25) is 0 Å². The molecule has 0 spiro atoms. The minimum absolute atomic E-state index is 0.647. The van der Waals surface area contributed by atoms with Crippen LogP contribution in [0.3, 0.4) is 0 Å². The van der Waals surface area contributed by atoms with E-state index >= 15 is 0 Å². The fourth-order valence-electron chi connectivity index (χ4n) is 2.21. The second-order valence-electron chi connectivity index (χ2n) is 4.37. The summed E-state index contributed by atoms with van der Waals surface area (Å²) in [6.45, 7) is 5.89. The van der Waals surface area contributed by atoms with E-state index in [1.54, 1.807) is 14.2 Å². The molecule has 0 amide bonds. The molecule has 4 nitrogen and oxygen atoms in total. The number of benzene rings is 1. The zero-order chi connectivity index (χ0) is 14.7. The fraction of sp³-hybridized carbons (Fsp3) is 0.400. The van der Waals surface area contributed by atoms with Gasteiger partial charge in [-0.2, -0.15) is 0 Å². The molecule has 0 atom stereocenters. The predicted octanol–water partition coefficient (Wildman–Crippen LogP) is 3.75. The molecule has 0 aliphatic heterocycles. The van der Waals surface area contributed by atoms with Crippen molar-refractivity contribution in [3.8, 4) is 11.5 Å². The summed E-state index contributed by atoms with van der Waals surface area (Å²) in [5.41, 5.74) is 0.842. The SMILES string of the molecule is CCN(CC)c1nc2cc(OC)c(OC)cc2cc1Cl. The first kappa shape index (κ1) is 14.7. The molecular formula is C15H19ClN2O2. The minimum Gasteiger partial charge on any atom is -0.493 e. The molecule has 0 aliphatic rings. The standard InChI is InChI=1S/C15H19ClN2O2/c1-5-18(6-2)15-11(16)7-10-8-13(19-3)14(20-4)9-12(10)17-15/h7-9H,5-6H2,1-4H3. The van der Waals surface area contributed by atoms with Gasteiger partial charge in [-0.1, -0.05) is 11.6 Å². The van der Waals surface area contributed by atoms with Crippen LogP contribution >= 0.6 is 11.6 Å². The van der Waals surface area contributed by atoms with Gasteiger partial charge in [-0.05, 0) is 26.0 Å². The molecule has 0 saturated carbocycles. The van der Waals surface area contributed by atoms with Crippen LogP contribution in [0.1, 0.15) is 13.8 Å². The first-order chi connectivity index (χ1) is 9.64. The highest BCUT2D eigenvalue weighted by Gasteiger charge is 2.13. The van der Waals surface area contributed by atoms with E-state index in [0.717, 1.165) is 29.8 Å². The summed E-state index contributed by atoms with van der Waals surface area (Å²) in [5.74, 6) is 2.14. The summed E-state index contributed by atoms with van der Waals surface area (Å²) in [6, 6.07) is 5.68. The minimum atomic E-state index is 0.647. The van der Waals surface area contributed by atoms with Gasteiger partial charge in [0.15, 0.2) is 11.5 Å². The largest absolute Gasteiger partial charge is 0.493 e. The Morgan fingerprint density at radius 1 is 1.05 bits per heavy atom. The molecule has 0 unspecified atom stereocenters. The summed E-state index contributed by atoms with van der Waals surface area (Å²) in [4.78, 5) is 6.78. The Labute approximate surface area is 124 Å². The van der Waals surface area contributed by atoms with Crippen LogP contribution < -0.4 is 14.4 Å². The second-order valence-corrected chi connectivity index (χ2v) is 4.77. The maximum Gasteiger partial charge on any atom is 0.162 e. The van der Waals surface area contributed by atoms with E-state index in [9.17, 15) is 0 Å². The number of rotatable bonds is 5. The molecule has 0 bridgehead atoms. The van der Waals surface area contributed by atoms with Gasteiger partial charge in [-0.15, -0.1) is 0 Å². The number of methoxy groups -OCH3 is 2. The third-order valence-corrected chi connectivity index (χ3v) is 3.60. The van der Waals surface area contributed by atoms with Crippen molar-refractivity contribution in [2.24, 2.45) is 0 Å². The molecule has 5 heteroatoms. The van der Waals surface area contributed by atoms with E-state index in [1.807, 2.05) is 18.2 Å². The molecule has 0 fully saturated rings. The quantitative estimate of drug-likeness (QED) is 0.841. The molecule has 1 aromatic heterocycles. The van der Waals surface area contributed by atoms with Gasteiger partial charge in [0.1, 0.15) is 5.82 Å². The number of anilines is 1. The lowest BCUT2D eigenvalue weighted by Crippen LogP contribution is -2.23. The first-order valence-electron chi connectivity index (χ1n) is 6.61. The van der Waals surface area contributed by atoms with Gasteiger partial charge in [0, 0.05) is 24.5 Å². The van der Waals surface area contributed by atoms with E-state index in [1.165, 1.54) is 0 Å². The first-order valence-corrected chi connectivity index (χ1v) is 6.99. The van der Waals surface area contributed by atoms with E-state index in [-0.39, 0.29) is 0 Å². The highest BCUT2D eigenvalue weighted by molar-refractivity contribution is 6.33. The summed E-state index contributed by atoms with van der Waals surface area (Å²) in [6.07, 6.45) is 0. The van der Waals surface area contributed by atoms with Crippen molar-refractivity contribution < 1.29 is 9.47 Å². The van der Waals surface area contributed by atoms with Crippen molar-refractivity contribution in [2.75, 3.05) is 32.2 Å². The summed E-state index contributed by atoms with van der Waals surface area (Å²) >= 11 is 6.35. The number of halogens is 1. The zero-order valence-corrected chi connectivity index (χ0v) is 13.0. The van der Waals surface area contributed by atoms with Gasteiger partial charge >= 0.3 is 0 Å². The van der Waals surface area contributed by atoms with Gasteiger partial charge in [-0.25, -0.2) is 4.98 Å².